The first-order valence-electron chi connectivity index (χ1n) is 7.54. The van der Waals surface area contributed by atoms with Crippen LogP contribution in [0.15, 0.2) is 23.4 Å². The minimum absolute atomic E-state index is 0.106. The minimum Gasteiger partial charge on any atom is -0.409 e. The molecular weight excluding hydrogens is 271 g/mol. The maximum atomic E-state index is 14.3. The number of amidine groups is 1. The fraction of sp³-hybridized carbons (Fsp3) is 0.562. The molecule has 1 fully saturated rings. The van der Waals surface area contributed by atoms with E-state index >= 15 is 0 Å². The summed E-state index contributed by atoms with van der Waals surface area (Å²) in [5, 5.41) is 11.5. The number of nitrogens with zero attached hydrogens (tertiary/aromatic N) is 1. The van der Waals surface area contributed by atoms with Crippen LogP contribution in [0.1, 0.15) is 50.2 Å². The first-order valence-corrected chi connectivity index (χ1v) is 7.54. The van der Waals surface area contributed by atoms with Gasteiger partial charge in [0.05, 0.1) is 18.3 Å². The molecule has 2 rings (SSSR count). The third-order valence-electron chi connectivity index (χ3n) is 4.28. The predicted octanol–water partition coefficient (Wildman–Crippen LogP) is 3.41. The number of benzene rings is 1. The van der Waals surface area contributed by atoms with Gasteiger partial charge in [0.15, 0.2) is 5.84 Å². The molecule has 1 aliphatic carbocycles. The van der Waals surface area contributed by atoms with E-state index < -0.39 is 5.82 Å². The molecule has 0 heterocycles. The highest BCUT2D eigenvalue weighted by atomic mass is 19.1. The second-order valence-electron chi connectivity index (χ2n) is 5.57. The number of halogens is 1. The highest BCUT2D eigenvalue weighted by molar-refractivity contribution is 5.97. The second-order valence-corrected chi connectivity index (χ2v) is 5.57. The van der Waals surface area contributed by atoms with Gasteiger partial charge in [-0.2, -0.15) is 0 Å². The van der Waals surface area contributed by atoms with Crippen molar-refractivity contribution in [2.75, 3.05) is 0 Å². The zero-order valence-electron chi connectivity index (χ0n) is 12.4. The van der Waals surface area contributed by atoms with Gasteiger partial charge in [-0.25, -0.2) is 4.39 Å². The van der Waals surface area contributed by atoms with E-state index in [0.717, 1.165) is 12.8 Å². The lowest BCUT2D eigenvalue weighted by Gasteiger charge is -2.30. The molecular formula is C16H23FN2O2. The SMILES string of the molecule is CCC1CCCCC1OCc1cccc(/C(N)=N/O)c1F. The molecule has 0 amide bonds. The van der Waals surface area contributed by atoms with Gasteiger partial charge in [0.1, 0.15) is 5.82 Å². The summed E-state index contributed by atoms with van der Waals surface area (Å²) in [6.07, 6.45) is 5.96. The van der Waals surface area contributed by atoms with Crippen LogP contribution in [0.25, 0.3) is 0 Å². The summed E-state index contributed by atoms with van der Waals surface area (Å²) in [6.45, 7) is 2.39. The van der Waals surface area contributed by atoms with E-state index in [4.69, 9.17) is 15.7 Å². The van der Waals surface area contributed by atoms with Crippen LogP contribution in [0, 0.1) is 11.7 Å². The van der Waals surface area contributed by atoms with Crippen molar-refractivity contribution in [3.8, 4) is 0 Å². The van der Waals surface area contributed by atoms with E-state index in [2.05, 4.69) is 12.1 Å². The maximum Gasteiger partial charge on any atom is 0.173 e. The lowest BCUT2D eigenvalue weighted by Crippen LogP contribution is -2.27. The van der Waals surface area contributed by atoms with Crippen molar-refractivity contribution in [1.82, 2.24) is 0 Å². The van der Waals surface area contributed by atoms with Crippen LogP contribution in [-0.4, -0.2) is 17.1 Å². The van der Waals surface area contributed by atoms with Crippen molar-refractivity contribution in [2.24, 2.45) is 16.8 Å². The second kappa shape index (κ2) is 7.41. The van der Waals surface area contributed by atoms with Crippen LogP contribution in [0.5, 0.6) is 0 Å². The molecule has 2 unspecified atom stereocenters. The van der Waals surface area contributed by atoms with Crippen molar-refractivity contribution in [3.63, 3.8) is 0 Å². The van der Waals surface area contributed by atoms with Gasteiger partial charge in [-0.3, -0.25) is 0 Å². The van der Waals surface area contributed by atoms with Gasteiger partial charge in [0.2, 0.25) is 0 Å². The Labute approximate surface area is 124 Å². The van der Waals surface area contributed by atoms with Crippen LogP contribution in [-0.2, 0) is 11.3 Å². The molecule has 1 aromatic rings. The third-order valence-corrected chi connectivity index (χ3v) is 4.28. The van der Waals surface area contributed by atoms with Gasteiger partial charge >= 0.3 is 0 Å². The summed E-state index contributed by atoms with van der Waals surface area (Å²) in [6, 6.07) is 4.85. The number of rotatable bonds is 5. The molecule has 0 aliphatic heterocycles. The Morgan fingerprint density at radius 3 is 2.90 bits per heavy atom. The number of nitrogens with two attached hydrogens (primary N) is 1. The smallest absolute Gasteiger partial charge is 0.173 e. The van der Waals surface area contributed by atoms with Crippen LogP contribution in [0.4, 0.5) is 4.39 Å². The first kappa shape index (κ1) is 15.8. The van der Waals surface area contributed by atoms with E-state index in [1.165, 1.54) is 25.3 Å². The summed E-state index contributed by atoms with van der Waals surface area (Å²) < 4.78 is 20.2. The Kier molecular flexibility index (Phi) is 5.56. The molecule has 5 heteroatoms. The first-order chi connectivity index (χ1) is 10.2. The summed E-state index contributed by atoms with van der Waals surface area (Å²) >= 11 is 0. The van der Waals surface area contributed by atoms with Crippen molar-refractivity contribution >= 4 is 5.84 Å². The van der Waals surface area contributed by atoms with Crippen LogP contribution in [0.3, 0.4) is 0 Å². The number of hydrogen-bond acceptors (Lipinski definition) is 3. The topological polar surface area (TPSA) is 67.8 Å². The number of hydrogen-bond donors (Lipinski definition) is 2. The van der Waals surface area contributed by atoms with E-state index in [9.17, 15) is 4.39 Å². The third kappa shape index (κ3) is 3.73. The molecule has 0 bridgehead atoms. The Bertz CT molecular complexity index is 505. The number of ether oxygens (including phenoxy) is 1. The van der Waals surface area contributed by atoms with Gasteiger partial charge in [-0.1, -0.05) is 43.5 Å². The normalized spacial score (nSPS) is 23.2. The zero-order chi connectivity index (χ0) is 15.2. The monoisotopic (exact) mass is 294 g/mol. The molecule has 0 radical (unpaired) electrons. The van der Waals surface area contributed by atoms with E-state index in [0.29, 0.717) is 11.5 Å². The van der Waals surface area contributed by atoms with Gasteiger partial charge in [-0.15, -0.1) is 0 Å². The Morgan fingerprint density at radius 1 is 1.43 bits per heavy atom. The molecule has 1 aromatic carbocycles. The van der Waals surface area contributed by atoms with Crippen molar-refractivity contribution < 1.29 is 14.3 Å². The standard InChI is InChI=1S/C16H23FN2O2/c1-2-11-6-3-4-9-14(11)21-10-12-7-5-8-13(15(12)17)16(18)19-20/h5,7-8,11,14,20H,2-4,6,9-10H2,1H3,(H2,18,19). The van der Waals surface area contributed by atoms with Gasteiger partial charge in [0.25, 0.3) is 0 Å². The Balaban J connectivity index is 2.06. The van der Waals surface area contributed by atoms with Crippen molar-refractivity contribution in [2.45, 2.75) is 51.7 Å². The Morgan fingerprint density at radius 2 is 2.19 bits per heavy atom. The minimum atomic E-state index is -0.475. The zero-order valence-corrected chi connectivity index (χ0v) is 12.4. The van der Waals surface area contributed by atoms with Crippen molar-refractivity contribution in [3.05, 3.63) is 35.1 Å². The maximum absolute atomic E-state index is 14.3. The predicted molar refractivity (Wildman–Crippen MR) is 79.7 cm³/mol. The molecule has 3 N–H and O–H groups in total. The molecule has 2 atom stereocenters. The quantitative estimate of drug-likeness (QED) is 0.378. The summed E-state index contributed by atoms with van der Waals surface area (Å²) in [7, 11) is 0. The molecule has 4 nitrogen and oxygen atoms in total. The summed E-state index contributed by atoms with van der Waals surface area (Å²) in [5.41, 5.74) is 6.02. The van der Waals surface area contributed by atoms with E-state index in [1.54, 1.807) is 12.1 Å². The fourth-order valence-electron chi connectivity index (χ4n) is 3.00. The van der Waals surface area contributed by atoms with Gasteiger partial charge in [0, 0.05) is 5.56 Å². The molecule has 0 saturated heterocycles. The van der Waals surface area contributed by atoms with Crippen LogP contribution in [0.2, 0.25) is 0 Å². The van der Waals surface area contributed by atoms with Crippen LogP contribution >= 0.6 is 0 Å². The number of oxime groups is 1. The van der Waals surface area contributed by atoms with E-state index in [1.807, 2.05) is 0 Å². The lowest BCUT2D eigenvalue weighted by atomic mass is 9.85. The fourth-order valence-corrected chi connectivity index (χ4v) is 3.00. The highest BCUT2D eigenvalue weighted by Gasteiger charge is 2.24. The van der Waals surface area contributed by atoms with Crippen LogP contribution < -0.4 is 5.73 Å². The molecule has 0 spiro atoms. The average Bonchev–Trinajstić information content (AvgIpc) is 2.53. The van der Waals surface area contributed by atoms with Gasteiger partial charge in [-0.05, 0) is 24.8 Å². The summed E-state index contributed by atoms with van der Waals surface area (Å²) in [4.78, 5) is 0. The molecule has 116 valence electrons. The lowest BCUT2D eigenvalue weighted by molar-refractivity contribution is -0.0231. The molecule has 1 saturated carbocycles. The van der Waals surface area contributed by atoms with E-state index in [-0.39, 0.29) is 24.1 Å². The molecule has 0 aromatic heterocycles. The largest absolute Gasteiger partial charge is 0.409 e. The molecule has 1 aliphatic rings. The van der Waals surface area contributed by atoms with Crippen molar-refractivity contribution in [1.29, 1.82) is 0 Å². The Hall–Kier alpha value is -1.62. The van der Waals surface area contributed by atoms with Gasteiger partial charge < -0.3 is 15.7 Å². The summed E-state index contributed by atoms with van der Waals surface area (Å²) in [5.74, 6) is -0.135. The highest BCUT2D eigenvalue weighted by Crippen LogP contribution is 2.30. The average molecular weight is 294 g/mol. The molecule has 21 heavy (non-hydrogen) atoms.